The van der Waals surface area contributed by atoms with E-state index < -0.39 is 17.7 Å². The molecule has 2 rings (SSSR count). The zero-order valence-electron chi connectivity index (χ0n) is 10.3. The number of benzene rings is 2. The normalized spacial score (nSPS) is 12.5. The van der Waals surface area contributed by atoms with Crippen molar-refractivity contribution in [1.29, 1.82) is 0 Å². The zero-order chi connectivity index (χ0) is 14.0. The van der Waals surface area contributed by atoms with Gasteiger partial charge in [0, 0.05) is 10.6 Å². The van der Waals surface area contributed by atoms with E-state index >= 15 is 0 Å². The Bertz CT molecular complexity index is 582. The van der Waals surface area contributed by atoms with Gasteiger partial charge >= 0.3 is 0 Å². The molecule has 19 heavy (non-hydrogen) atoms. The van der Waals surface area contributed by atoms with E-state index in [-0.39, 0.29) is 5.56 Å². The van der Waals surface area contributed by atoms with Gasteiger partial charge in [-0.25, -0.2) is 14.2 Å². The fraction of sp³-hybridized carbons (Fsp3) is 0.143. The predicted octanol–water partition coefficient (Wildman–Crippen LogP) is 3.48. The second kappa shape index (κ2) is 5.65. The summed E-state index contributed by atoms with van der Waals surface area (Å²) in [7, 11) is 0. The van der Waals surface area contributed by atoms with Gasteiger partial charge in [0.15, 0.2) is 0 Å². The van der Waals surface area contributed by atoms with Crippen LogP contribution >= 0.6 is 11.6 Å². The molecule has 2 aromatic rings. The number of rotatable bonds is 3. The third-order valence-corrected chi connectivity index (χ3v) is 3.05. The van der Waals surface area contributed by atoms with Crippen LogP contribution in [0.3, 0.4) is 0 Å². The molecule has 0 spiro atoms. The number of aryl methyl sites for hydroxylation is 1. The topological polar surface area (TPSA) is 38.0 Å². The minimum atomic E-state index is -0.659. The highest BCUT2D eigenvalue weighted by molar-refractivity contribution is 6.30. The lowest BCUT2D eigenvalue weighted by molar-refractivity contribution is 0.545. The van der Waals surface area contributed by atoms with Crippen LogP contribution in [0.25, 0.3) is 0 Å². The molecule has 0 aliphatic heterocycles. The molecule has 0 saturated carbocycles. The fourth-order valence-electron chi connectivity index (χ4n) is 2.03. The van der Waals surface area contributed by atoms with Crippen LogP contribution in [-0.2, 0) is 0 Å². The number of hydrogen-bond acceptors (Lipinski definition) is 2. The van der Waals surface area contributed by atoms with E-state index in [0.717, 1.165) is 23.8 Å². The Kier molecular flexibility index (Phi) is 4.14. The van der Waals surface area contributed by atoms with Gasteiger partial charge < -0.3 is 0 Å². The van der Waals surface area contributed by atoms with Crippen LogP contribution in [0.5, 0.6) is 0 Å². The summed E-state index contributed by atoms with van der Waals surface area (Å²) in [5.41, 5.74) is 4.23. The number of hydrazine groups is 1. The van der Waals surface area contributed by atoms with Crippen LogP contribution in [0, 0.1) is 18.6 Å². The summed E-state index contributed by atoms with van der Waals surface area (Å²) in [5.74, 6) is 4.43. The van der Waals surface area contributed by atoms with E-state index in [9.17, 15) is 8.78 Å². The average Bonchev–Trinajstić information content (AvgIpc) is 2.33. The molecule has 1 unspecified atom stereocenters. The molecular formula is C14H13ClF2N2. The van der Waals surface area contributed by atoms with Crippen molar-refractivity contribution in [3.8, 4) is 0 Å². The Morgan fingerprint density at radius 3 is 2.53 bits per heavy atom. The first-order chi connectivity index (χ1) is 9.01. The van der Waals surface area contributed by atoms with Gasteiger partial charge in [-0.05, 0) is 48.4 Å². The second-order valence-electron chi connectivity index (χ2n) is 4.33. The molecule has 0 fully saturated rings. The molecule has 0 bridgehead atoms. The first kappa shape index (κ1) is 13.9. The van der Waals surface area contributed by atoms with Gasteiger partial charge in [0.1, 0.15) is 11.6 Å². The average molecular weight is 283 g/mol. The van der Waals surface area contributed by atoms with Crippen molar-refractivity contribution in [2.24, 2.45) is 5.84 Å². The van der Waals surface area contributed by atoms with Crippen LogP contribution in [0.1, 0.15) is 22.7 Å². The molecule has 0 heterocycles. The first-order valence-electron chi connectivity index (χ1n) is 5.69. The van der Waals surface area contributed by atoms with Crippen LogP contribution in [0.4, 0.5) is 8.78 Å². The Balaban J connectivity index is 2.52. The summed E-state index contributed by atoms with van der Waals surface area (Å²) in [6.07, 6.45) is 0. The maximum atomic E-state index is 13.8. The van der Waals surface area contributed by atoms with E-state index in [4.69, 9.17) is 17.4 Å². The molecule has 0 saturated heterocycles. The Morgan fingerprint density at radius 1 is 1.16 bits per heavy atom. The summed E-state index contributed by atoms with van der Waals surface area (Å²) in [4.78, 5) is 0. The summed E-state index contributed by atoms with van der Waals surface area (Å²) in [6.45, 7) is 1.87. The van der Waals surface area contributed by atoms with Gasteiger partial charge in [-0.1, -0.05) is 17.7 Å². The van der Waals surface area contributed by atoms with Crippen LogP contribution in [0.2, 0.25) is 5.02 Å². The molecule has 0 aliphatic carbocycles. The van der Waals surface area contributed by atoms with Gasteiger partial charge in [0.05, 0.1) is 6.04 Å². The van der Waals surface area contributed by atoms with Crippen molar-refractivity contribution in [2.45, 2.75) is 13.0 Å². The van der Waals surface area contributed by atoms with Crippen molar-refractivity contribution in [1.82, 2.24) is 5.43 Å². The van der Waals surface area contributed by atoms with E-state index in [2.05, 4.69) is 5.43 Å². The molecule has 0 radical (unpaired) electrons. The van der Waals surface area contributed by atoms with Crippen LogP contribution in [0.15, 0.2) is 36.4 Å². The van der Waals surface area contributed by atoms with Gasteiger partial charge in [0.25, 0.3) is 0 Å². The standard InChI is InChI=1S/C14H13ClF2N2/c1-8-4-9(6-10(15)5-8)14(19-18)12-7-11(16)2-3-13(12)17/h2-7,14,19H,18H2,1H3. The van der Waals surface area contributed by atoms with Crippen LogP contribution < -0.4 is 11.3 Å². The molecule has 1 atom stereocenters. The van der Waals surface area contributed by atoms with Gasteiger partial charge in [0.2, 0.25) is 0 Å². The summed E-state index contributed by atoms with van der Waals surface area (Å²) in [5, 5.41) is 0.520. The number of nitrogens with two attached hydrogens (primary N) is 1. The highest BCUT2D eigenvalue weighted by Crippen LogP contribution is 2.27. The van der Waals surface area contributed by atoms with Crippen molar-refractivity contribution < 1.29 is 8.78 Å². The highest BCUT2D eigenvalue weighted by atomic mass is 35.5. The SMILES string of the molecule is Cc1cc(Cl)cc(C(NN)c2cc(F)ccc2F)c1. The van der Waals surface area contributed by atoms with E-state index in [0.29, 0.717) is 10.6 Å². The molecule has 2 aromatic carbocycles. The number of hydrogen-bond donors (Lipinski definition) is 2. The molecule has 3 N–H and O–H groups in total. The van der Waals surface area contributed by atoms with E-state index in [1.54, 1.807) is 12.1 Å². The van der Waals surface area contributed by atoms with Crippen molar-refractivity contribution in [3.63, 3.8) is 0 Å². The predicted molar refractivity (Wildman–Crippen MR) is 71.7 cm³/mol. The van der Waals surface area contributed by atoms with Gasteiger partial charge in [-0.15, -0.1) is 0 Å². The maximum absolute atomic E-state index is 13.8. The monoisotopic (exact) mass is 282 g/mol. The second-order valence-corrected chi connectivity index (χ2v) is 4.76. The van der Waals surface area contributed by atoms with Gasteiger partial charge in [-0.3, -0.25) is 5.84 Å². The first-order valence-corrected chi connectivity index (χ1v) is 6.07. The lowest BCUT2D eigenvalue weighted by Crippen LogP contribution is -2.29. The lowest BCUT2D eigenvalue weighted by Gasteiger charge is -2.18. The Morgan fingerprint density at radius 2 is 1.89 bits per heavy atom. The molecule has 0 aliphatic rings. The number of nitrogens with one attached hydrogen (secondary N) is 1. The molecule has 100 valence electrons. The minimum Gasteiger partial charge on any atom is -0.271 e. The Labute approximate surface area is 115 Å². The molecule has 2 nitrogen and oxygen atoms in total. The largest absolute Gasteiger partial charge is 0.271 e. The van der Waals surface area contributed by atoms with E-state index in [1.807, 2.05) is 13.0 Å². The van der Waals surface area contributed by atoms with Crippen LogP contribution in [-0.4, -0.2) is 0 Å². The van der Waals surface area contributed by atoms with E-state index in [1.165, 1.54) is 0 Å². The van der Waals surface area contributed by atoms with Gasteiger partial charge in [-0.2, -0.15) is 0 Å². The molecule has 5 heteroatoms. The maximum Gasteiger partial charge on any atom is 0.128 e. The molecular weight excluding hydrogens is 270 g/mol. The quantitative estimate of drug-likeness (QED) is 0.668. The van der Waals surface area contributed by atoms with Crippen molar-refractivity contribution in [2.75, 3.05) is 0 Å². The zero-order valence-corrected chi connectivity index (χ0v) is 11.0. The summed E-state index contributed by atoms with van der Waals surface area (Å²) < 4.78 is 27.1. The summed E-state index contributed by atoms with van der Waals surface area (Å²) >= 11 is 5.97. The summed E-state index contributed by atoms with van der Waals surface area (Å²) in [6, 6.07) is 7.87. The third-order valence-electron chi connectivity index (χ3n) is 2.83. The minimum absolute atomic E-state index is 0.143. The number of halogens is 3. The lowest BCUT2D eigenvalue weighted by atomic mass is 9.97. The molecule has 0 amide bonds. The highest BCUT2D eigenvalue weighted by Gasteiger charge is 2.18. The Hall–Kier alpha value is -1.49. The molecule has 0 aromatic heterocycles. The third kappa shape index (κ3) is 3.10. The smallest absolute Gasteiger partial charge is 0.128 e. The van der Waals surface area contributed by atoms with Crippen molar-refractivity contribution in [3.05, 3.63) is 69.7 Å². The fourth-order valence-corrected chi connectivity index (χ4v) is 2.33. The van der Waals surface area contributed by atoms with Crippen molar-refractivity contribution >= 4 is 11.6 Å².